The molecule has 1 amide bonds. The van der Waals surface area contributed by atoms with Crippen molar-refractivity contribution in [3.05, 3.63) is 57.8 Å². The minimum atomic E-state index is -4.67. The molecule has 1 aromatic carbocycles. The highest BCUT2D eigenvalue weighted by atomic mass is 19.4. The predicted octanol–water partition coefficient (Wildman–Crippen LogP) is 3.00. The molecule has 0 spiro atoms. The predicted molar refractivity (Wildman–Crippen MR) is 75.7 cm³/mol. The van der Waals surface area contributed by atoms with E-state index in [9.17, 15) is 32.9 Å². The number of anilines is 1. The second-order valence-corrected chi connectivity index (χ2v) is 4.56. The Hall–Kier alpha value is -3.37. The summed E-state index contributed by atoms with van der Waals surface area (Å²) in [5.41, 5.74) is -1.55. The summed E-state index contributed by atoms with van der Waals surface area (Å²) in [4.78, 5) is 32.8. The lowest BCUT2D eigenvalue weighted by Gasteiger charge is -2.13. The molecule has 0 radical (unpaired) electrons. The van der Waals surface area contributed by atoms with E-state index in [1.165, 1.54) is 6.07 Å². The Morgan fingerprint density at radius 1 is 1.20 bits per heavy atom. The third-order valence-electron chi connectivity index (χ3n) is 2.81. The largest absolute Gasteiger partial charge is 0.450 e. The molecule has 0 fully saturated rings. The first-order valence-corrected chi connectivity index (χ1v) is 6.56. The summed E-state index contributed by atoms with van der Waals surface area (Å²) in [5, 5.41) is 12.4. The van der Waals surface area contributed by atoms with E-state index >= 15 is 0 Å². The molecule has 25 heavy (non-hydrogen) atoms. The van der Waals surface area contributed by atoms with Gasteiger partial charge in [0.25, 0.3) is 5.91 Å². The molecule has 132 valence electrons. The molecule has 2 rings (SSSR count). The van der Waals surface area contributed by atoms with Gasteiger partial charge < -0.3 is 14.5 Å². The number of rotatable bonds is 5. The van der Waals surface area contributed by atoms with Crippen LogP contribution in [0.15, 0.2) is 40.8 Å². The number of benzene rings is 1. The maximum absolute atomic E-state index is 12.8. The lowest BCUT2D eigenvalue weighted by atomic mass is 10.1. The van der Waals surface area contributed by atoms with Crippen molar-refractivity contribution in [2.75, 3.05) is 11.9 Å². The molecular formula is C14H9F3N2O6. The first-order valence-electron chi connectivity index (χ1n) is 6.56. The fourth-order valence-corrected chi connectivity index (χ4v) is 1.76. The Morgan fingerprint density at radius 2 is 1.88 bits per heavy atom. The maximum Gasteiger partial charge on any atom is 0.433 e. The zero-order valence-corrected chi connectivity index (χ0v) is 12.2. The van der Waals surface area contributed by atoms with Gasteiger partial charge in [0.15, 0.2) is 6.61 Å². The van der Waals surface area contributed by atoms with Gasteiger partial charge in [0, 0.05) is 0 Å². The van der Waals surface area contributed by atoms with E-state index in [4.69, 9.17) is 0 Å². The Labute approximate surface area is 137 Å². The highest BCUT2D eigenvalue weighted by molar-refractivity contribution is 5.95. The fraction of sp³-hybridized carbons (Fsp3) is 0.143. The molecule has 11 heteroatoms. The van der Waals surface area contributed by atoms with E-state index in [0.29, 0.717) is 0 Å². The van der Waals surface area contributed by atoms with Crippen molar-refractivity contribution in [2.24, 2.45) is 0 Å². The summed E-state index contributed by atoms with van der Waals surface area (Å²) in [6.45, 7) is -0.903. The van der Waals surface area contributed by atoms with Crippen LogP contribution in [0.2, 0.25) is 0 Å². The first kappa shape index (κ1) is 18.0. The van der Waals surface area contributed by atoms with Crippen LogP contribution < -0.4 is 5.32 Å². The molecule has 0 aliphatic carbocycles. The Bertz CT molecular complexity index is 815. The number of ether oxygens (including phenoxy) is 1. The molecule has 2 aromatic rings. The number of carbonyl (C=O) groups is 2. The smallest absolute Gasteiger partial charge is 0.433 e. The number of para-hydroxylation sites is 1. The zero-order chi connectivity index (χ0) is 18.6. The number of furan rings is 1. The van der Waals surface area contributed by atoms with Crippen molar-refractivity contribution in [1.82, 2.24) is 0 Å². The number of hydrogen-bond acceptors (Lipinski definition) is 6. The third kappa shape index (κ3) is 4.56. The third-order valence-corrected chi connectivity index (χ3v) is 2.81. The van der Waals surface area contributed by atoms with Crippen LogP contribution in [0, 0.1) is 10.1 Å². The maximum atomic E-state index is 12.8. The molecule has 8 nitrogen and oxygen atoms in total. The van der Waals surface area contributed by atoms with E-state index in [0.717, 1.165) is 30.3 Å². The van der Waals surface area contributed by atoms with Gasteiger partial charge in [-0.2, -0.15) is 13.2 Å². The summed E-state index contributed by atoms with van der Waals surface area (Å²) in [7, 11) is 0. The van der Waals surface area contributed by atoms with Crippen molar-refractivity contribution in [1.29, 1.82) is 0 Å². The Balaban J connectivity index is 1.97. The van der Waals surface area contributed by atoms with Crippen molar-refractivity contribution in [2.45, 2.75) is 6.18 Å². The monoisotopic (exact) mass is 358 g/mol. The lowest BCUT2D eigenvalue weighted by molar-refractivity contribution is -0.402. The van der Waals surface area contributed by atoms with Crippen molar-refractivity contribution in [3.8, 4) is 0 Å². The summed E-state index contributed by atoms with van der Waals surface area (Å²) >= 11 is 0. The average Bonchev–Trinajstić information content (AvgIpc) is 3.02. The standard InChI is InChI=1S/C14H9F3N2O6/c15-14(16,17)8-3-1-2-4-9(8)18-11(20)7-24-13(21)10-5-6-12(25-10)19(22)23/h1-6H,7H2,(H,18,20). The van der Waals surface area contributed by atoms with E-state index in [2.05, 4.69) is 9.15 Å². The minimum Gasteiger partial charge on any atom is -0.450 e. The molecule has 0 atom stereocenters. The van der Waals surface area contributed by atoms with E-state index in [-0.39, 0.29) is 0 Å². The van der Waals surface area contributed by atoms with Crippen LogP contribution in [0.4, 0.5) is 24.7 Å². The van der Waals surface area contributed by atoms with Gasteiger partial charge >= 0.3 is 18.0 Å². The van der Waals surface area contributed by atoms with Crippen LogP contribution in [0.5, 0.6) is 0 Å². The van der Waals surface area contributed by atoms with E-state index in [1.807, 2.05) is 5.32 Å². The number of amides is 1. The van der Waals surface area contributed by atoms with Crippen LogP contribution in [0.3, 0.4) is 0 Å². The van der Waals surface area contributed by atoms with Crippen LogP contribution in [-0.2, 0) is 15.7 Å². The fourth-order valence-electron chi connectivity index (χ4n) is 1.76. The van der Waals surface area contributed by atoms with Crippen LogP contribution >= 0.6 is 0 Å². The normalized spacial score (nSPS) is 11.0. The number of esters is 1. The van der Waals surface area contributed by atoms with Gasteiger partial charge in [0.1, 0.15) is 4.92 Å². The van der Waals surface area contributed by atoms with Gasteiger partial charge in [-0.3, -0.25) is 14.9 Å². The number of nitro groups is 1. The number of halogens is 3. The van der Waals surface area contributed by atoms with Crippen molar-refractivity contribution in [3.63, 3.8) is 0 Å². The quantitative estimate of drug-likeness (QED) is 0.500. The van der Waals surface area contributed by atoms with Gasteiger partial charge in [-0.05, 0) is 18.2 Å². The number of hydrogen-bond donors (Lipinski definition) is 1. The summed E-state index contributed by atoms with van der Waals surface area (Å²) in [6.07, 6.45) is -4.67. The highest BCUT2D eigenvalue weighted by Crippen LogP contribution is 2.34. The van der Waals surface area contributed by atoms with Crippen molar-refractivity contribution >= 4 is 23.4 Å². The summed E-state index contributed by atoms with van der Waals surface area (Å²) in [5.74, 6) is -3.41. The molecule has 0 bridgehead atoms. The molecule has 1 aromatic heterocycles. The molecule has 0 aliphatic rings. The second kappa shape index (κ2) is 7.03. The number of carbonyl (C=O) groups excluding carboxylic acids is 2. The van der Waals surface area contributed by atoms with Crippen LogP contribution in [-0.4, -0.2) is 23.4 Å². The molecule has 0 aliphatic heterocycles. The Kier molecular flexibility index (Phi) is 5.05. The van der Waals surface area contributed by atoms with Gasteiger partial charge in [0.2, 0.25) is 5.76 Å². The molecule has 1 heterocycles. The summed E-state index contributed by atoms with van der Waals surface area (Å²) < 4.78 is 47.5. The second-order valence-electron chi connectivity index (χ2n) is 4.56. The molecule has 1 N–H and O–H groups in total. The number of alkyl halides is 3. The first-order chi connectivity index (χ1) is 11.7. The summed E-state index contributed by atoms with van der Waals surface area (Å²) in [6, 6.07) is 6.15. The molecule has 0 saturated carbocycles. The minimum absolute atomic E-state index is 0.496. The number of nitrogens with zero attached hydrogens (tertiary/aromatic N) is 1. The van der Waals surface area contributed by atoms with Crippen LogP contribution in [0.1, 0.15) is 16.1 Å². The Morgan fingerprint density at radius 3 is 2.48 bits per heavy atom. The van der Waals surface area contributed by atoms with Gasteiger partial charge in [-0.25, -0.2) is 4.79 Å². The van der Waals surface area contributed by atoms with Gasteiger partial charge in [0.05, 0.1) is 17.3 Å². The zero-order valence-electron chi connectivity index (χ0n) is 12.2. The van der Waals surface area contributed by atoms with E-state index in [1.54, 1.807) is 0 Å². The molecule has 0 unspecified atom stereocenters. The van der Waals surface area contributed by atoms with Gasteiger partial charge in [-0.15, -0.1) is 0 Å². The molecule has 0 saturated heterocycles. The SMILES string of the molecule is O=C(COC(=O)c1ccc([N+](=O)[O-])o1)Nc1ccccc1C(F)(F)F. The lowest BCUT2D eigenvalue weighted by Crippen LogP contribution is -2.22. The number of nitrogens with one attached hydrogen (secondary N) is 1. The van der Waals surface area contributed by atoms with E-state index < -0.39 is 52.5 Å². The van der Waals surface area contributed by atoms with Gasteiger partial charge in [-0.1, -0.05) is 12.1 Å². The van der Waals surface area contributed by atoms with Crippen LogP contribution in [0.25, 0.3) is 0 Å². The highest BCUT2D eigenvalue weighted by Gasteiger charge is 2.33. The topological polar surface area (TPSA) is 112 Å². The average molecular weight is 358 g/mol. The molecular weight excluding hydrogens is 349 g/mol. The van der Waals surface area contributed by atoms with Crippen molar-refractivity contribution < 1.29 is 36.8 Å².